The lowest BCUT2D eigenvalue weighted by molar-refractivity contribution is 0.476. The molecule has 2 aromatic rings. The summed E-state index contributed by atoms with van der Waals surface area (Å²) in [5, 5.41) is 11.7. The molecule has 0 fully saturated rings. The molecule has 112 valence electrons. The van der Waals surface area contributed by atoms with Crippen molar-refractivity contribution in [3.05, 3.63) is 48.0 Å². The summed E-state index contributed by atoms with van der Waals surface area (Å²) in [5.74, 6) is 0.328. The maximum atomic E-state index is 9.46. The van der Waals surface area contributed by atoms with Gasteiger partial charge in [0.25, 0.3) is 0 Å². The third-order valence-electron chi connectivity index (χ3n) is 3.88. The van der Waals surface area contributed by atoms with Crippen LogP contribution in [0, 0.1) is 0 Å². The number of allylic oxidation sites excluding steroid dienone is 1. The van der Waals surface area contributed by atoms with E-state index in [1.165, 1.54) is 55.9 Å². The van der Waals surface area contributed by atoms with Crippen LogP contribution in [0.15, 0.2) is 42.5 Å². The summed E-state index contributed by atoms with van der Waals surface area (Å²) in [6.07, 6.45) is 13.8. The molecule has 2 rings (SSSR count). The van der Waals surface area contributed by atoms with Crippen LogP contribution in [0.1, 0.15) is 57.4 Å². The van der Waals surface area contributed by atoms with Gasteiger partial charge in [-0.3, -0.25) is 0 Å². The van der Waals surface area contributed by atoms with Gasteiger partial charge >= 0.3 is 0 Å². The van der Waals surface area contributed by atoms with Crippen LogP contribution in [0.5, 0.6) is 5.75 Å². The maximum Gasteiger partial charge on any atom is 0.116 e. The lowest BCUT2D eigenvalue weighted by Crippen LogP contribution is -1.78. The normalized spacial score (nSPS) is 11.5. The predicted molar refractivity (Wildman–Crippen MR) is 92.6 cm³/mol. The zero-order valence-electron chi connectivity index (χ0n) is 13.0. The molecule has 0 saturated heterocycles. The minimum absolute atomic E-state index is 0.328. The van der Waals surface area contributed by atoms with E-state index in [4.69, 9.17) is 0 Å². The zero-order valence-corrected chi connectivity index (χ0v) is 13.0. The molecule has 0 bridgehead atoms. The van der Waals surface area contributed by atoms with E-state index in [1.807, 2.05) is 6.07 Å². The first-order valence-corrected chi connectivity index (χ1v) is 8.19. The highest BCUT2D eigenvalue weighted by molar-refractivity contribution is 5.85. The van der Waals surface area contributed by atoms with Gasteiger partial charge in [0.2, 0.25) is 0 Å². The minimum Gasteiger partial charge on any atom is -0.508 e. The Kier molecular flexibility index (Phi) is 6.33. The van der Waals surface area contributed by atoms with Gasteiger partial charge in [0.1, 0.15) is 5.75 Å². The lowest BCUT2D eigenvalue weighted by atomic mass is 10.1. The first kappa shape index (κ1) is 15.6. The molecule has 0 heterocycles. The SMILES string of the molecule is CCCCCCCCC=Cc1ccc2cc(O)ccc2c1. The smallest absolute Gasteiger partial charge is 0.116 e. The van der Waals surface area contributed by atoms with Crippen molar-refractivity contribution < 1.29 is 5.11 Å². The lowest BCUT2D eigenvalue weighted by Gasteiger charge is -2.01. The van der Waals surface area contributed by atoms with Crippen LogP contribution in [0.4, 0.5) is 0 Å². The van der Waals surface area contributed by atoms with Gasteiger partial charge in [-0.05, 0) is 47.4 Å². The number of benzene rings is 2. The highest BCUT2D eigenvalue weighted by Crippen LogP contribution is 2.21. The molecular formula is C20H26O. The first-order chi connectivity index (χ1) is 10.3. The number of phenols is 1. The van der Waals surface area contributed by atoms with E-state index >= 15 is 0 Å². The molecule has 0 aromatic heterocycles. The fourth-order valence-electron chi connectivity index (χ4n) is 2.62. The van der Waals surface area contributed by atoms with Crippen LogP contribution in [0.2, 0.25) is 0 Å². The average Bonchev–Trinajstić information content (AvgIpc) is 2.50. The van der Waals surface area contributed by atoms with E-state index in [9.17, 15) is 5.11 Å². The molecule has 0 spiro atoms. The fourth-order valence-corrected chi connectivity index (χ4v) is 2.62. The van der Waals surface area contributed by atoms with Gasteiger partial charge in [-0.2, -0.15) is 0 Å². The van der Waals surface area contributed by atoms with E-state index in [1.54, 1.807) is 12.1 Å². The van der Waals surface area contributed by atoms with Crippen molar-refractivity contribution in [3.63, 3.8) is 0 Å². The quantitative estimate of drug-likeness (QED) is 0.562. The van der Waals surface area contributed by atoms with Crippen molar-refractivity contribution in [2.24, 2.45) is 0 Å². The van der Waals surface area contributed by atoms with Crippen molar-refractivity contribution in [1.29, 1.82) is 0 Å². The molecule has 1 nitrogen and oxygen atoms in total. The second-order valence-electron chi connectivity index (χ2n) is 5.75. The topological polar surface area (TPSA) is 20.2 Å². The van der Waals surface area contributed by atoms with Crippen molar-refractivity contribution in [2.45, 2.75) is 51.9 Å². The molecule has 0 aliphatic rings. The molecular weight excluding hydrogens is 256 g/mol. The van der Waals surface area contributed by atoms with Gasteiger partial charge in [0, 0.05) is 0 Å². The average molecular weight is 282 g/mol. The zero-order chi connectivity index (χ0) is 14.9. The first-order valence-electron chi connectivity index (χ1n) is 8.19. The standard InChI is InChI=1S/C20H26O/c1-2-3-4-5-6-7-8-9-10-17-11-12-19-16-20(21)14-13-18(19)15-17/h9-16,21H,2-8H2,1H3. The number of hydrogen-bond acceptors (Lipinski definition) is 1. The van der Waals surface area contributed by atoms with Crippen LogP contribution in [-0.2, 0) is 0 Å². The number of hydrogen-bond donors (Lipinski definition) is 1. The maximum absolute atomic E-state index is 9.46. The fraction of sp³-hybridized carbons (Fsp3) is 0.400. The van der Waals surface area contributed by atoms with Gasteiger partial charge < -0.3 is 5.11 Å². The van der Waals surface area contributed by atoms with Gasteiger partial charge in [0.05, 0.1) is 0 Å². The molecule has 0 atom stereocenters. The summed E-state index contributed by atoms with van der Waals surface area (Å²) < 4.78 is 0. The van der Waals surface area contributed by atoms with Crippen LogP contribution < -0.4 is 0 Å². The van der Waals surface area contributed by atoms with Crippen LogP contribution in [0.25, 0.3) is 16.8 Å². The molecule has 2 aromatic carbocycles. The van der Waals surface area contributed by atoms with Crippen molar-refractivity contribution in [3.8, 4) is 5.75 Å². The Morgan fingerprint density at radius 1 is 0.857 bits per heavy atom. The summed E-state index contributed by atoms with van der Waals surface area (Å²) in [6.45, 7) is 2.26. The Morgan fingerprint density at radius 2 is 1.57 bits per heavy atom. The van der Waals surface area contributed by atoms with E-state index in [2.05, 4.69) is 37.3 Å². The summed E-state index contributed by atoms with van der Waals surface area (Å²) in [5.41, 5.74) is 1.24. The van der Waals surface area contributed by atoms with Crippen LogP contribution >= 0.6 is 0 Å². The Balaban J connectivity index is 1.80. The van der Waals surface area contributed by atoms with E-state index < -0.39 is 0 Å². The van der Waals surface area contributed by atoms with Gasteiger partial charge in [-0.15, -0.1) is 0 Å². The van der Waals surface area contributed by atoms with Crippen molar-refractivity contribution in [2.75, 3.05) is 0 Å². The van der Waals surface area contributed by atoms with Gasteiger partial charge in [-0.1, -0.05) is 69.4 Å². The van der Waals surface area contributed by atoms with Crippen LogP contribution in [-0.4, -0.2) is 5.11 Å². The van der Waals surface area contributed by atoms with E-state index in [0.29, 0.717) is 5.75 Å². The summed E-state index contributed by atoms with van der Waals surface area (Å²) in [7, 11) is 0. The molecule has 0 aliphatic heterocycles. The Bertz CT molecular complexity index is 583. The highest BCUT2D eigenvalue weighted by Gasteiger charge is 1.96. The van der Waals surface area contributed by atoms with Crippen molar-refractivity contribution in [1.82, 2.24) is 0 Å². The Morgan fingerprint density at radius 3 is 2.43 bits per heavy atom. The molecule has 1 N–H and O–H groups in total. The number of phenolic OH excluding ortho intramolecular Hbond substituents is 1. The van der Waals surface area contributed by atoms with Crippen molar-refractivity contribution >= 4 is 16.8 Å². The van der Waals surface area contributed by atoms with Gasteiger partial charge in [0.15, 0.2) is 0 Å². The number of fused-ring (bicyclic) bond motifs is 1. The Labute approximate surface area is 128 Å². The third-order valence-corrected chi connectivity index (χ3v) is 3.88. The summed E-state index contributed by atoms with van der Waals surface area (Å²) in [6, 6.07) is 11.9. The largest absolute Gasteiger partial charge is 0.508 e. The second-order valence-corrected chi connectivity index (χ2v) is 5.75. The number of aromatic hydroxyl groups is 1. The summed E-state index contributed by atoms with van der Waals surface area (Å²) >= 11 is 0. The predicted octanol–water partition coefficient (Wildman–Crippen LogP) is 6.31. The van der Waals surface area contributed by atoms with Crippen LogP contribution in [0.3, 0.4) is 0 Å². The monoisotopic (exact) mass is 282 g/mol. The van der Waals surface area contributed by atoms with E-state index in [-0.39, 0.29) is 0 Å². The molecule has 0 aliphatic carbocycles. The highest BCUT2D eigenvalue weighted by atomic mass is 16.3. The third kappa shape index (κ3) is 5.26. The summed E-state index contributed by atoms with van der Waals surface area (Å²) in [4.78, 5) is 0. The molecule has 0 saturated carbocycles. The minimum atomic E-state index is 0.328. The number of rotatable bonds is 8. The second kappa shape index (κ2) is 8.51. The molecule has 0 radical (unpaired) electrons. The molecule has 21 heavy (non-hydrogen) atoms. The molecule has 1 heteroatoms. The number of unbranched alkanes of at least 4 members (excludes halogenated alkanes) is 6. The molecule has 0 unspecified atom stereocenters. The van der Waals surface area contributed by atoms with Gasteiger partial charge in [-0.25, -0.2) is 0 Å². The molecule has 0 amide bonds. The Hall–Kier alpha value is -1.76. The van der Waals surface area contributed by atoms with E-state index in [0.717, 1.165) is 5.39 Å².